The van der Waals surface area contributed by atoms with Gasteiger partial charge in [0.2, 0.25) is 0 Å². The summed E-state index contributed by atoms with van der Waals surface area (Å²) < 4.78 is 4.76. The molecule has 0 unspecified atom stereocenters. The van der Waals surface area contributed by atoms with Crippen molar-refractivity contribution in [2.24, 2.45) is 0 Å². The molecule has 0 radical (unpaired) electrons. The van der Waals surface area contributed by atoms with E-state index in [1.807, 2.05) is 0 Å². The predicted molar refractivity (Wildman–Crippen MR) is 67.9 cm³/mol. The zero-order valence-electron chi connectivity index (χ0n) is 10.7. The van der Waals surface area contributed by atoms with Crippen molar-refractivity contribution < 1.29 is 14.3 Å². The van der Waals surface area contributed by atoms with E-state index in [2.05, 4.69) is 4.98 Å². The molecule has 18 heavy (non-hydrogen) atoms. The van der Waals surface area contributed by atoms with Gasteiger partial charge in [-0.1, -0.05) is 0 Å². The zero-order chi connectivity index (χ0) is 13.5. The second kappa shape index (κ2) is 6.54. The van der Waals surface area contributed by atoms with E-state index < -0.39 is 5.97 Å². The molecule has 96 valence electrons. The number of carbonyl (C=O) groups is 2. The number of esters is 1. The Morgan fingerprint density at radius 2 is 2.11 bits per heavy atom. The van der Waals surface area contributed by atoms with Gasteiger partial charge in [-0.2, -0.15) is 0 Å². The zero-order valence-corrected chi connectivity index (χ0v) is 10.7. The fourth-order valence-electron chi connectivity index (χ4n) is 1.28. The highest BCUT2D eigenvalue weighted by Crippen LogP contribution is 2.06. The molecule has 0 atom stereocenters. The van der Waals surface area contributed by atoms with Crippen molar-refractivity contribution in [3.8, 4) is 0 Å². The number of rotatable bonds is 4. The summed E-state index contributed by atoms with van der Waals surface area (Å²) in [5, 5.41) is 0. The Morgan fingerprint density at radius 3 is 2.72 bits per heavy atom. The van der Waals surface area contributed by atoms with Gasteiger partial charge in [-0.25, -0.2) is 4.79 Å². The minimum Gasteiger partial charge on any atom is -0.463 e. The molecule has 1 rings (SSSR count). The van der Waals surface area contributed by atoms with Crippen LogP contribution in [0.1, 0.15) is 22.8 Å². The van der Waals surface area contributed by atoms with E-state index in [1.165, 1.54) is 17.2 Å². The van der Waals surface area contributed by atoms with Crippen LogP contribution in [-0.4, -0.2) is 42.5 Å². The number of hydrogen-bond acceptors (Lipinski definition) is 4. The van der Waals surface area contributed by atoms with Crippen molar-refractivity contribution in [3.63, 3.8) is 0 Å². The van der Waals surface area contributed by atoms with E-state index >= 15 is 0 Å². The van der Waals surface area contributed by atoms with E-state index in [0.29, 0.717) is 17.7 Å². The van der Waals surface area contributed by atoms with E-state index in [4.69, 9.17) is 4.74 Å². The highest BCUT2D eigenvalue weighted by molar-refractivity contribution is 5.94. The predicted octanol–water partition coefficient (Wildman–Crippen LogP) is 1.36. The molecular formula is C13H16N2O3. The molecule has 0 saturated carbocycles. The van der Waals surface area contributed by atoms with E-state index in [1.54, 1.807) is 39.4 Å². The van der Waals surface area contributed by atoms with Crippen LogP contribution in [0.15, 0.2) is 24.5 Å². The Morgan fingerprint density at radius 1 is 1.39 bits per heavy atom. The number of aromatic nitrogens is 1. The molecule has 0 saturated heterocycles. The van der Waals surface area contributed by atoms with Crippen LogP contribution < -0.4 is 0 Å². The highest BCUT2D eigenvalue weighted by Gasteiger charge is 2.08. The minimum absolute atomic E-state index is 0.131. The first-order valence-corrected chi connectivity index (χ1v) is 5.56. The lowest BCUT2D eigenvalue weighted by Crippen LogP contribution is -2.21. The number of ether oxygens (including phenoxy) is 1. The molecule has 0 N–H and O–H groups in total. The molecule has 0 aliphatic carbocycles. The highest BCUT2D eigenvalue weighted by atomic mass is 16.5. The maximum absolute atomic E-state index is 11.7. The number of carbonyl (C=O) groups excluding carboxylic acids is 2. The Labute approximate surface area is 106 Å². The second-order valence-corrected chi connectivity index (χ2v) is 3.79. The normalized spacial score (nSPS) is 10.4. The van der Waals surface area contributed by atoms with Crippen LogP contribution in [0, 0.1) is 0 Å². The van der Waals surface area contributed by atoms with E-state index in [9.17, 15) is 9.59 Å². The summed E-state index contributed by atoms with van der Waals surface area (Å²) in [6, 6.07) is 1.67. The smallest absolute Gasteiger partial charge is 0.330 e. The standard InChI is InChI=1S/C13H16N2O3/c1-4-18-12(16)6-5-10-7-11(9-14-8-10)13(17)15(2)3/h5-9H,4H2,1-3H3/b6-5+. The third-order valence-corrected chi connectivity index (χ3v) is 2.11. The maximum atomic E-state index is 11.7. The Hall–Kier alpha value is -2.17. The van der Waals surface area contributed by atoms with Gasteiger partial charge >= 0.3 is 5.97 Å². The first kappa shape index (κ1) is 13.9. The summed E-state index contributed by atoms with van der Waals surface area (Å²) in [5.74, 6) is -0.546. The topological polar surface area (TPSA) is 59.5 Å². The summed E-state index contributed by atoms with van der Waals surface area (Å²) in [7, 11) is 3.34. The van der Waals surface area contributed by atoms with Crippen molar-refractivity contribution in [1.29, 1.82) is 0 Å². The van der Waals surface area contributed by atoms with Gasteiger partial charge in [-0.15, -0.1) is 0 Å². The van der Waals surface area contributed by atoms with Crippen LogP contribution in [0.4, 0.5) is 0 Å². The quantitative estimate of drug-likeness (QED) is 0.596. The molecular weight excluding hydrogens is 232 g/mol. The van der Waals surface area contributed by atoms with Crippen LogP contribution in [0.3, 0.4) is 0 Å². The fourth-order valence-corrected chi connectivity index (χ4v) is 1.28. The lowest BCUT2D eigenvalue weighted by Gasteiger charge is -2.09. The Bertz CT molecular complexity index is 467. The monoisotopic (exact) mass is 248 g/mol. The van der Waals surface area contributed by atoms with Gasteiger partial charge < -0.3 is 9.64 Å². The average molecular weight is 248 g/mol. The average Bonchev–Trinajstić information content (AvgIpc) is 2.36. The van der Waals surface area contributed by atoms with Crippen LogP contribution >= 0.6 is 0 Å². The number of nitrogens with zero attached hydrogens (tertiary/aromatic N) is 2. The first-order chi connectivity index (χ1) is 8.54. The van der Waals surface area contributed by atoms with Gasteiger partial charge in [0.1, 0.15) is 0 Å². The molecule has 0 aliphatic rings. The van der Waals surface area contributed by atoms with Crippen LogP contribution in [0.2, 0.25) is 0 Å². The summed E-state index contributed by atoms with van der Waals surface area (Å²) in [6.45, 7) is 2.07. The molecule has 1 aromatic rings. The third-order valence-electron chi connectivity index (χ3n) is 2.11. The van der Waals surface area contributed by atoms with E-state index in [0.717, 1.165) is 0 Å². The number of pyridine rings is 1. The van der Waals surface area contributed by atoms with Crippen molar-refractivity contribution >= 4 is 18.0 Å². The summed E-state index contributed by atoms with van der Waals surface area (Å²) in [6.07, 6.45) is 5.94. The summed E-state index contributed by atoms with van der Waals surface area (Å²) in [4.78, 5) is 28.3. The first-order valence-electron chi connectivity index (χ1n) is 5.56. The summed E-state index contributed by atoms with van der Waals surface area (Å²) in [5.41, 5.74) is 1.15. The SMILES string of the molecule is CCOC(=O)/C=C/c1cncc(C(=O)N(C)C)c1. The van der Waals surface area contributed by atoms with Gasteiger partial charge in [0.15, 0.2) is 0 Å². The molecule has 0 aliphatic heterocycles. The summed E-state index contributed by atoms with van der Waals surface area (Å²) >= 11 is 0. The van der Waals surface area contributed by atoms with Gasteiger partial charge in [-0.3, -0.25) is 9.78 Å². The lowest BCUT2D eigenvalue weighted by molar-refractivity contribution is -0.137. The molecule has 0 aromatic carbocycles. The lowest BCUT2D eigenvalue weighted by atomic mass is 10.2. The number of hydrogen-bond donors (Lipinski definition) is 0. The second-order valence-electron chi connectivity index (χ2n) is 3.79. The van der Waals surface area contributed by atoms with Crippen molar-refractivity contribution in [3.05, 3.63) is 35.7 Å². The van der Waals surface area contributed by atoms with Gasteiger partial charge in [0, 0.05) is 32.6 Å². The van der Waals surface area contributed by atoms with Crippen molar-refractivity contribution in [2.75, 3.05) is 20.7 Å². The molecule has 5 heteroatoms. The minimum atomic E-state index is -0.415. The van der Waals surface area contributed by atoms with Gasteiger partial charge in [0.25, 0.3) is 5.91 Å². The maximum Gasteiger partial charge on any atom is 0.330 e. The molecule has 5 nitrogen and oxygen atoms in total. The number of amides is 1. The van der Waals surface area contributed by atoms with E-state index in [-0.39, 0.29) is 5.91 Å². The van der Waals surface area contributed by atoms with Crippen LogP contribution in [0.5, 0.6) is 0 Å². The third kappa shape index (κ3) is 4.01. The van der Waals surface area contributed by atoms with Crippen LogP contribution in [0.25, 0.3) is 6.08 Å². The molecule has 1 heterocycles. The fraction of sp³-hybridized carbons (Fsp3) is 0.308. The molecule has 0 spiro atoms. The van der Waals surface area contributed by atoms with Crippen molar-refractivity contribution in [2.45, 2.75) is 6.92 Å². The van der Waals surface area contributed by atoms with Crippen LogP contribution in [-0.2, 0) is 9.53 Å². The molecule has 0 fully saturated rings. The molecule has 0 bridgehead atoms. The molecule has 1 aromatic heterocycles. The van der Waals surface area contributed by atoms with Gasteiger partial charge in [0.05, 0.1) is 12.2 Å². The van der Waals surface area contributed by atoms with Crippen molar-refractivity contribution in [1.82, 2.24) is 9.88 Å². The Kier molecular flexibility index (Phi) is 5.05. The molecule has 1 amide bonds. The van der Waals surface area contributed by atoms with Gasteiger partial charge in [-0.05, 0) is 24.6 Å². The largest absolute Gasteiger partial charge is 0.463 e. The Balaban J connectivity index is 2.83.